The summed E-state index contributed by atoms with van der Waals surface area (Å²) in [5.74, 6) is 0.595. The predicted octanol–water partition coefficient (Wildman–Crippen LogP) is 2.21. The van der Waals surface area contributed by atoms with Gasteiger partial charge in [0, 0.05) is 42.1 Å². The van der Waals surface area contributed by atoms with Gasteiger partial charge in [0.2, 0.25) is 10.0 Å². The average Bonchev–Trinajstić information content (AvgIpc) is 3.05. The predicted molar refractivity (Wildman–Crippen MR) is 110 cm³/mol. The first-order valence-corrected chi connectivity index (χ1v) is 11.3. The summed E-state index contributed by atoms with van der Waals surface area (Å²) in [7, 11) is -0.816. The molecule has 0 radical (unpaired) electrons. The van der Waals surface area contributed by atoms with Gasteiger partial charge in [-0.15, -0.1) is 0 Å². The third-order valence-corrected chi connectivity index (χ3v) is 7.90. The van der Waals surface area contributed by atoms with E-state index in [0.717, 1.165) is 12.8 Å². The molecule has 9 heteroatoms. The molecule has 1 amide bonds. The van der Waals surface area contributed by atoms with E-state index in [2.05, 4.69) is 10.3 Å². The van der Waals surface area contributed by atoms with Crippen molar-refractivity contribution < 1.29 is 22.7 Å². The SMILES string of the molecule is COc1ccc(OC)c(S(=O)(=O)N2C3CCC2CC(NC(=O)c2ccncc2)C3)c1. The lowest BCUT2D eigenvalue weighted by Gasteiger charge is -2.38. The number of benzene rings is 1. The Balaban J connectivity index is 1.55. The van der Waals surface area contributed by atoms with Gasteiger partial charge in [-0.05, 0) is 49.9 Å². The number of piperidine rings is 1. The quantitative estimate of drug-likeness (QED) is 0.753. The first kappa shape index (κ1) is 20.6. The number of fused-ring (bicyclic) bond motifs is 2. The molecule has 2 bridgehead atoms. The van der Waals surface area contributed by atoms with E-state index in [9.17, 15) is 13.2 Å². The van der Waals surface area contributed by atoms with E-state index >= 15 is 0 Å². The summed E-state index contributed by atoms with van der Waals surface area (Å²) < 4.78 is 39.2. The average molecular weight is 432 g/mol. The van der Waals surface area contributed by atoms with Crippen molar-refractivity contribution in [2.24, 2.45) is 0 Å². The fourth-order valence-electron chi connectivity index (χ4n) is 4.52. The first-order valence-electron chi connectivity index (χ1n) is 9.90. The van der Waals surface area contributed by atoms with Crippen LogP contribution in [0.4, 0.5) is 0 Å². The number of hydrogen-bond donors (Lipinski definition) is 1. The Bertz CT molecular complexity index is 1010. The molecular weight excluding hydrogens is 406 g/mol. The van der Waals surface area contributed by atoms with Crippen LogP contribution in [0.1, 0.15) is 36.0 Å². The van der Waals surface area contributed by atoms with Crippen molar-refractivity contribution in [1.82, 2.24) is 14.6 Å². The number of methoxy groups -OCH3 is 2. The Morgan fingerprint density at radius 3 is 2.33 bits per heavy atom. The zero-order valence-electron chi connectivity index (χ0n) is 16.9. The second kappa shape index (κ2) is 8.23. The lowest BCUT2D eigenvalue weighted by atomic mass is 9.99. The maximum Gasteiger partial charge on any atom is 0.251 e. The van der Waals surface area contributed by atoms with Crippen LogP contribution in [0.5, 0.6) is 11.5 Å². The minimum atomic E-state index is -3.77. The van der Waals surface area contributed by atoms with Crippen molar-refractivity contribution in [1.29, 1.82) is 0 Å². The summed E-state index contributed by atoms with van der Waals surface area (Å²) in [5, 5.41) is 3.06. The van der Waals surface area contributed by atoms with E-state index in [-0.39, 0.29) is 28.9 Å². The van der Waals surface area contributed by atoms with Gasteiger partial charge in [-0.1, -0.05) is 0 Å². The molecule has 0 saturated carbocycles. The second-order valence-electron chi connectivity index (χ2n) is 7.61. The molecule has 2 saturated heterocycles. The van der Waals surface area contributed by atoms with E-state index in [1.165, 1.54) is 20.3 Å². The third-order valence-electron chi connectivity index (χ3n) is 5.87. The van der Waals surface area contributed by atoms with Crippen molar-refractivity contribution in [2.45, 2.75) is 48.7 Å². The topological polar surface area (TPSA) is 97.8 Å². The number of ether oxygens (including phenoxy) is 2. The molecule has 3 heterocycles. The highest BCUT2D eigenvalue weighted by atomic mass is 32.2. The Hall–Kier alpha value is -2.65. The Morgan fingerprint density at radius 1 is 1.07 bits per heavy atom. The number of sulfonamides is 1. The summed E-state index contributed by atoms with van der Waals surface area (Å²) in [6.07, 6.45) is 5.87. The standard InChI is InChI=1S/C21H25N3O5S/c1-28-18-5-6-19(29-2)20(13-18)30(26,27)24-16-3-4-17(24)12-15(11-16)23-21(25)14-7-9-22-10-8-14/h5-10,13,15-17H,3-4,11-12H2,1-2H3,(H,23,25). The number of amides is 1. The van der Waals surface area contributed by atoms with Crippen LogP contribution in [0.2, 0.25) is 0 Å². The van der Waals surface area contributed by atoms with Crippen molar-refractivity contribution >= 4 is 15.9 Å². The highest BCUT2D eigenvalue weighted by molar-refractivity contribution is 7.89. The van der Waals surface area contributed by atoms with Gasteiger partial charge < -0.3 is 14.8 Å². The molecule has 2 aliphatic heterocycles. The Labute approximate surface area is 176 Å². The molecule has 0 spiro atoms. The van der Waals surface area contributed by atoms with E-state index in [4.69, 9.17) is 9.47 Å². The van der Waals surface area contributed by atoms with E-state index in [1.807, 2.05) is 0 Å². The summed E-state index contributed by atoms with van der Waals surface area (Å²) >= 11 is 0. The molecule has 2 aliphatic rings. The zero-order chi connectivity index (χ0) is 21.3. The van der Waals surface area contributed by atoms with Gasteiger partial charge in [-0.3, -0.25) is 9.78 Å². The Kier molecular flexibility index (Phi) is 5.66. The maximum atomic E-state index is 13.5. The van der Waals surface area contributed by atoms with Crippen molar-refractivity contribution in [3.05, 3.63) is 48.3 Å². The van der Waals surface area contributed by atoms with Crippen LogP contribution in [0.15, 0.2) is 47.6 Å². The molecule has 4 rings (SSSR count). The van der Waals surface area contributed by atoms with Gasteiger partial charge in [-0.25, -0.2) is 8.42 Å². The van der Waals surface area contributed by atoms with Crippen molar-refractivity contribution in [3.63, 3.8) is 0 Å². The normalized spacial score (nSPS) is 23.7. The zero-order valence-corrected chi connectivity index (χ0v) is 17.8. The van der Waals surface area contributed by atoms with Crippen molar-refractivity contribution in [3.8, 4) is 11.5 Å². The molecular formula is C21H25N3O5S. The lowest BCUT2D eigenvalue weighted by Crippen LogP contribution is -2.52. The second-order valence-corrected chi connectivity index (χ2v) is 9.43. The highest BCUT2D eigenvalue weighted by Gasteiger charge is 2.48. The minimum absolute atomic E-state index is 0.0678. The number of rotatable bonds is 6. The fourth-order valence-corrected chi connectivity index (χ4v) is 6.58. The molecule has 1 N–H and O–H groups in total. The molecule has 2 aromatic rings. The van der Waals surface area contributed by atoms with Gasteiger partial charge in [0.1, 0.15) is 16.4 Å². The summed E-state index contributed by atoms with van der Waals surface area (Å²) in [5.41, 5.74) is 0.550. The minimum Gasteiger partial charge on any atom is -0.497 e. The van der Waals surface area contributed by atoms with Crippen LogP contribution in [0, 0.1) is 0 Å². The molecule has 1 aromatic heterocycles. The van der Waals surface area contributed by atoms with Crippen LogP contribution in [-0.4, -0.2) is 56.0 Å². The van der Waals surface area contributed by atoms with E-state index in [0.29, 0.717) is 29.9 Å². The summed E-state index contributed by atoms with van der Waals surface area (Å²) in [6.45, 7) is 0. The number of aromatic nitrogens is 1. The van der Waals surface area contributed by atoms with Crippen molar-refractivity contribution in [2.75, 3.05) is 14.2 Å². The van der Waals surface area contributed by atoms with Crippen LogP contribution in [0.25, 0.3) is 0 Å². The number of carbonyl (C=O) groups excluding carboxylic acids is 1. The molecule has 8 nitrogen and oxygen atoms in total. The number of nitrogens with zero attached hydrogens (tertiary/aromatic N) is 2. The molecule has 160 valence electrons. The van der Waals surface area contributed by atoms with Gasteiger partial charge in [-0.2, -0.15) is 4.31 Å². The van der Waals surface area contributed by atoms with Gasteiger partial charge in [0.05, 0.1) is 14.2 Å². The molecule has 2 atom stereocenters. The molecule has 1 aromatic carbocycles. The van der Waals surface area contributed by atoms with E-state index < -0.39 is 10.0 Å². The third kappa shape index (κ3) is 3.75. The first-order chi connectivity index (χ1) is 14.4. The monoisotopic (exact) mass is 431 g/mol. The number of carbonyl (C=O) groups is 1. The largest absolute Gasteiger partial charge is 0.497 e. The molecule has 30 heavy (non-hydrogen) atoms. The summed E-state index contributed by atoms with van der Waals surface area (Å²) in [4.78, 5) is 16.5. The highest BCUT2D eigenvalue weighted by Crippen LogP contribution is 2.42. The maximum absolute atomic E-state index is 13.5. The van der Waals surface area contributed by atoms with Crippen LogP contribution in [0.3, 0.4) is 0 Å². The van der Waals surface area contributed by atoms with Crippen LogP contribution in [-0.2, 0) is 10.0 Å². The molecule has 2 fully saturated rings. The molecule has 2 unspecified atom stereocenters. The number of hydrogen-bond acceptors (Lipinski definition) is 6. The fraction of sp³-hybridized carbons (Fsp3) is 0.429. The van der Waals surface area contributed by atoms with Crippen LogP contribution < -0.4 is 14.8 Å². The van der Waals surface area contributed by atoms with Crippen LogP contribution >= 0.6 is 0 Å². The van der Waals surface area contributed by atoms with Gasteiger partial charge in [0.25, 0.3) is 5.91 Å². The van der Waals surface area contributed by atoms with Gasteiger partial charge >= 0.3 is 0 Å². The summed E-state index contributed by atoms with van der Waals surface area (Å²) in [6, 6.07) is 7.73. The smallest absolute Gasteiger partial charge is 0.251 e. The Morgan fingerprint density at radius 2 is 1.73 bits per heavy atom. The van der Waals surface area contributed by atoms with Gasteiger partial charge in [0.15, 0.2) is 0 Å². The lowest BCUT2D eigenvalue weighted by molar-refractivity contribution is 0.0909. The number of pyridine rings is 1. The number of nitrogens with one attached hydrogen (secondary N) is 1. The van der Waals surface area contributed by atoms with E-state index in [1.54, 1.807) is 41.0 Å². The molecule has 0 aliphatic carbocycles.